The Hall–Kier alpha value is -1.40. The molecule has 20 heavy (non-hydrogen) atoms. The summed E-state index contributed by atoms with van der Waals surface area (Å²) in [5.74, 6) is -0.00161. The number of aryl methyl sites for hydroxylation is 2. The minimum atomic E-state index is -0.113. The monoisotopic (exact) mass is 274 g/mol. The summed E-state index contributed by atoms with van der Waals surface area (Å²) in [4.78, 5) is 0. The topological polar surface area (TPSA) is 35.8 Å². The fourth-order valence-corrected chi connectivity index (χ4v) is 3.09. The van der Waals surface area contributed by atoms with Crippen LogP contribution in [-0.2, 0) is 6.54 Å². The summed E-state index contributed by atoms with van der Waals surface area (Å²) >= 11 is 0. The summed E-state index contributed by atoms with van der Waals surface area (Å²) in [5, 5.41) is 12.8. The van der Waals surface area contributed by atoms with E-state index in [1.54, 1.807) is 13.8 Å². The fourth-order valence-electron chi connectivity index (χ4n) is 3.09. The molecule has 0 radical (unpaired) electrons. The molecule has 108 valence electrons. The Bertz CT molecular complexity index is 481. The van der Waals surface area contributed by atoms with Crippen molar-refractivity contribution in [3.05, 3.63) is 34.6 Å². The Labute approximate surface area is 121 Å². The van der Waals surface area contributed by atoms with Crippen molar-refractivity contribution in [2.75, 3.05) is 0 Å². The zero-order valence-electron chi connectivity index (χ0n) is 12.4. The maximum atomic E-state index is 13.6. The van der Waals surface area contributed by atoms with E-state index in [4.69, 9.17) is 0 Å². The molecule has 0 heterocycles. The van der Waals surface area contributed by atoms with Crippen LogP contribution >= 0.6 is 0 Å². The van der Waals surface area contributed by atoms with Gasteiger partial charge >= 0.3 is 0 Å². The van der Waals surface area contributed by atoms with Gasteiger partial charge in [-0.05, 0) is 43.4 Å². The first-order valence-electron chi connectivity index (χ1n) is 7.50. The summed E-state index contributed by atoms with van der Waals surface area (Å²) in [7, 11) is 0. The van der Waals surface area contributed by atoms with Gasteiger partial charge in [-0.2, -0.15) is 5.26 Å². The fraction of sp³-hybridized carbons (Fsp3) is 0.588. The van der Waals surface area contributed by atoms with E-state index < -0.39 is 0 Å². The number of halogens is 1. The molecule has 1 aliphatic carbocycles. The van der Waals surface area contributed by atoms with E-state index in [1.807, 2.05) is 12.1 Å². The third-order valence-corrected chi connectivity index (χ3v) is 4.25. The van der Waals surface area contributed by atoms with Gasteiger partial charge in [-0.25, -0.2) is 4.39 Å². The summed E-state index contributed by atoms with van der Waals surface area (Å²) in [6.45, 7) is 4.32. The smallest absolute Gasteiger partial charge is 0.129 e. The Morgan fingerprint density at radius 1 is 1.20 bits per heavy atom. The molecule has 0 aliphatic heterocycles. The minimum absolute atomic E-state index is 0.111. The van der Waals surface area contributed by atoms with Crippen molar-refractivity contribution < 1.29 is 4.39 Å². The molecule has 0 spiro atoms. The van der Waals surface area contributed by atoms with Gasteiger partial charge in [0.15, 0.2) is 0 Å². The SMILES string of the molecule is Cc1cc(CNC2CCCCCC2C#N)cc(C)c1F. The van der Waals surface area contributed by atoms with Crippen LogP contribution in [0.25, 0.3) is 0 Å². The summed E-state index contributed by atoms with van der Waals surface area (Å²) in [6, 6.07) is 6.50. The molecule has 0 amide bonds. The van der Waals surface area contributed by atoms with Crippen molar-refractivity contribution in [1.82, 2.24) is 5.32 Å². The van der Waals surface area contributed by atoms with E-state index in [-0.39, 0.29) is 17.8 Å². The van der Waals surface area contributed by atoms with Crippen LogP contribution in [0.4, 0.5) is 4.39 Å². The highest BCUT2D eigenvalue weighted by molar-refractivity contribution is 5.30. The number of hydrogen-bond donors (Lipinski definition) is 1. The normalized spacial score (nSPS) is 23.1. The molecule has 1 aromatic carbocycles. The van der Waals surface area contributed by atoms with Crippen molar-refractivity contribution >= 4 is 0 Å². The number of nitrogens with one attached hydrogen (secondary N) is 1. The lowest BCUT2D eigenvalue weighted by molar-refractivity contribution is 0.393. The predicted molar refractivity (Wildman–Crippen MR) is 78.7 cm³/mol. The molecule has 1 saturated carbocycles. The molecule has 2 rings (SSSR count). The highest BCUT2D eigenvalue weighted by Gasteiger charge is 2.22. The van der Waals surface area contributed by atoms with Crippen LogP contribution in [0.1, 0.15) is 48.8 Å². The second kappa shape index (κ2) is 6.85. The zero-order valence-corrected chi connectivity index (χ0v) is 12.4. The van der Waals surface area contributed by atoms with E-state index in [0.717, 1.165) is 24.8 Å². The maximum Gasteiger partial charge on any atom is 0.129 e. The van der Waals surface area contributed by atoms with Gasteiger partial charge in [0.2, 0.25) is 0 Å². The Balaban J connectivity index is 2.02. The maximum absolute atomic E-state index is 13.6. The summed E-state index contributed by atoms with van der Waals surface area (Å²) < 4.78 is 13.6. The van der Waals surface area contributed by atoms with Crippen molar-refractivity contribution in [1.29, 1.82) is 5.26 Å². The molecule has 0 bridgehead atoms. The van der Waals surface area contributed by atoms with Gasteiger partial charge in [0.1, 0.15) is 5.82 Å². The van der Waals surface area contributed by atoms with E-state index >= 15 is 0 Å². The van der Waals surface area contributed by atoms with Gasteiger partial charge in [-0.1, -0.05) is 31.4 Å². The molecule has 2 unspecified atom stereocenters. The van der Waals surface area contributed by atoms with Crippen LogP contribution in [0.2, 0.25) is 0 Å². The van der Waals surface area contributed by atoms with Crippen molar-refractivity contribution in [2.45, 2.75) is 58.5 Å². The third-order valence-electron chi connectivity index (χ3n) is 4.25. The van der Waals surface area contributed by atoms with Gasteiger partial charge in [-0.15, -0.1) is 0 Å². The van der Waals surface area contributed by atoms with Crippen LogP contribution in [0.5, 0.6) is 0 Å². The molecule has 1 N–H and O–H groups in total. The Morgan fingerprint density at radius 2 is 1.85 bits per heavy atom. The predicted octanol–water partition coefficient (Wildman–Crippen LogP) is 4.00. The van der Waals surface area contributed by atoms with Crippen LogP contribution < -0.4 is 5.32 Å². The molecule has 1 fully saturated rings. The van der Waals surface area contributed by atoms with Gasteiger partial charge in [-0.3, -0.25) is 0 Å². The molecule has 0 saturated heterocycles. The second-order valence-corrected chi connectivity index (χ2v) is 5.90. The standard InChI is InChI=1S/C17H23FN2/c1-12-8-14(9-13(2)17(12)18)11-20-16-7-5-3-4-6-15(16)10-19/h8-9,15-16,20H,3-7,11H2,1-2H3. The summed E-state index contributed by atoms with van der Waals surface area (Å²) in [5.41, 5.74) is 2.49. The second-order valence-electron chi connectivity index (χ2n) is 5.90. The van der Waals surface area contributed by atoms with Crippen molar-refractivity contribution in [2.24, 2.45) is 5.92 Å². The molecular formula is C17H23FN2. The lowest BCUT2D eigenvalue weighted by atomic mass is 9.96. The Kier molecular flexibility index (Phi) is 5.14. The van der Waals surface area contributed by atoms with Crippen LogP contribution in [-0.4, -0.2) is 6.04 Å². The quantitative estimate of drug-likeness (QED) is 0.845. The number of benzene rings is 1. The largest absolute Gasteiger partial charge is 0.309 e. The molecule has 0 aromatic heterocycles. The third kappa shape index (κ3) is 3.58. The number of nitrogens with zero attached hydrogens (tertiary/aromatic N) is 1. The minimum Gasteiger partial charge on any atom is -0.309 e. The Morgan fingerprint density at radius 3 is 2.50 bits per heavy atom. The van der Waals surface area contributed by atoms with Crippen LogP contribution in [0.3, 0.4) is 0 Å². The van der Waals surface area contributed by atoms with E-state index in [9.17, 15) is 9.65 Å². The first-order valence-corrected chi connectivity index (χ1v) is 7.50. The van der Waals surface area contributed by atoms with E-state index in [2.05, 4.69) is 11.4 Å². The van der Waals surface area contributed by atoms with Gasteiger partial charge < -0.3 is 5.32 Å². The van der Waals surface area contributed by atoms with Crippen molar-refractivity contribution in [3.8, 4) is 6.07 Å². The van der Waals surface area contributed by atoms with Gasteiger partial charge in [0.05, 0.1) is 12.0 Å². The van der Waals surface area contributed by atoms with Crippen LogP contribution in [0.15, 0.2) is 12.1 Å². The molecule has 2 nitrogen and oxygen atoms in total. The average Bonchev–Trinajstić information content (AvgIpc) is 2.67. The molecule has 1 aromatic rings. The van der Waals surface area contributed by atoms with Crippen molar-refractivity contribution in [3.63, 3.8) is 0 Å². The molecular weight excluding hydrogens is 251 g/mol. The average molecular weight is 274 g/mol. The lowest BCUT2D eigenvalue weighted by Gasteiger charge is -2.21. The van der Waals surface area contributed by atoms with E-state index in [0.29, 0.717) is 17.7 Å². The zero-order chi connectivity index (χ0) is 14.5. The number of hydrogen-bond acceptors (Lipinski definition) is 2. The summed E-state index contributed by atoms with van der Waals surface area (Å²) in [6.07, 6.45) is 5.64. The number of rotatable bonds is 3. The molecule has 2 atom stereocenters. The van der Waals surface area contributed by atoms with Gasteiger partial charge in [0, 0.05) is 12.6 Å². The molecule has 3 heteroatoms. The van der Waals surface area contributed by atoms with E-state index in [1.165, 1.54) is 12.8 Å². The van der Waals surface area contributed by atoms with Gasteiger partial charge in [0.25, 0.3) is 0 Å². The van der Waals surface area contributed by atoms with Crippen LogP contribution in [0, 0.1) is 36.9 Å². The molecule has 1 aliphatic rings. The first-order chi connectivity index (χ1) is 9.61. The number of nitriles is 1. The highest BCUT2D eigenvalue weighted by Crippen LogP contribution is 2.23. The lowest BCUT2D eigenvalue weighted by Crippen LogP contribution is -2.34. The first kappa shape index (κ1) is 15.0. The highest BCUT2D eigenvalue weighted by atomic mass is 19.1.